The first-order valence-electron chi connectivity index (χ1n) is 3.54. The Balaban J connectivity index is 2.63. The fraction of sp³-hybridized carbons (Fsp3) is 0.500. The smallest absolute Gasteiger partial charge is 0.345 e. The largest absolute Gasteiger partial charge is 0.438 e. The van der Waals surface area contributed by atoms with Crippen molar-refractivity contribution in [2.75, 3.05) is 5.88 Å². The SMILES string of the molecule is CC(NC(=O)CCl)c1noc(=O)[nH]1. The molecule has 1 rings (SSSR count). The van der Waals surface area contributed by atoms with Crippen molar-refractivity contribution < 1.29 is 9.32 Å². The number of hydrogen-bond acceptors (Lipinski definition) is 4. The molecule has 0 aromatic carbocycles. The molecule has 7 heteroatoms. The standard InChI is InChI=1S/C6H8ClN3O3/c1-3(8-4(11)2-7)5-9-6(12)13-10-5/h3H,2H2,1H3,(H,8,11)(H,9,10,12). The van der Waals surface area contributed by atoms with E-state index in [-0.39, 0.29) is 17.6 Å². The van der Waals surface area contributed by atoms with Crippen molar-refractivity contribution >= 4 is 17.5 Å². The highest BCUT2D eigenvalue weighted by atomic mass is 35.5. The van der Waals surface area contributed by atoms with Crippen LogP contribution in [0.25, 0.3) is 0 Å². The van der Waals surface area contributed by atoms with Gasteiger partial charge in [-0.05, 0) is 6.92 Å². The fourth-order valence-corrected chi connectivity index (χ4v) is 0.854. The fourth-order valence-electron chi connectivity index (χ4n) is 0.777. The zero-order valence-corrected chi connectivity index (χ0v) is 7.59. The van der Waals surface area contributed by atoms with Crippen molar-refractivity contribution in [2.45, 2.75) is 13.0 Å². The van der Waals surface area contributed by atoms with Crippen LogP contribution in [-0.2, 0) is 4.79 Å². The summed E-state index contributed by atoms with van der Waals surface area (Å²) in [5, 5.41) is 5.90. The molecule has 0 radical (unpaired) electrons. The predicted molar refractivity (Wildman–Crippen MR) is 44.4 cm³/mol. The molecule has 1 aromatic rings. The van der Waals surface area contributed by atoms with Crippen LogP contribution in [0.1, 0.15) is 18.8 Å². The molecule has 2 N–H and O–H groups in total. The number of carbonyl (C=O) groups is 1. The van der Waals surface area contributed by atoms with Gasteiger partial charge in [-0.25, -0.2) is 4.79 Å². The molecule has 0 bridgehead atoms. The van der Waals surface area contributed by atoms with Crippen LogP contribution in [0.15, 0.2) is 9.32 Å². The molecular weight excluding hydrogens is 198 g/mol. The maximum absolute atomic E-state index is 10.8. The van der Waals surface area contributed by atoms with Crippen LogP contribution in [0.2, 0.25) is 0 Å². The maximum Gasteiger partial charge on any atom is 0.438 e. The van der Waals surface area contributed by atoms with Crippen LogP contribution in [0, 0.1) is 0 Å². The number of amides is 1. The Morgan fingerprint density at radius 2 is 2.54 bits per heavy atom. The average molecular weight is 206 g/mol. The minimum absolute atomic E-state index is 0.133. The van der Waals surface area contributed by atoms with Crippen LogP contribution in [0.5, 0.6) is 0 Å². The van der Waals surface area contributed by atoms with E-state index < -0.39 is 11.8 Å². The molecule has 6 nitrogen and oxygen atoms in total. The average Bonchev–Trinajstić information content (AvgIpc) is 2.51. The van der Waals surface area contributed by atoms with E-state index >= 15 is 0 Å². The lowest BCUT2D eigenvalue weighted by atomic mass is 10.3. The molecule has 0 saturated carbocycles. The molecule has 0 aliphatic rings. The van der Waals surface area contributed by atoms with Crippen LogP contribution in [-0.4, -0.2) is 21.9 Å². The van der Waals surface area contributed by atoms with Crippen LogP contribution in [0.3, 0.4) is 0 Å². The molecule has 1 heterocycles. The third-order valence-corrected chi connectivity index (χ3v) is 1.61. The highest BCUT2D eigenvalue weighted by Gasteiger charge is 2.12. The van der Waals surface area contributed by atoms with Gasteiger partial charge in [-0.3, -0.25) is 14.3 Å². The number of nitrogens with zero attached hydrogens (tertiary/aromatic N) is 1. The lowest BCUT2D eigenvalue weighted by molar-refractivity contribution is -0.119. The molecule has 72 valence electrons. The van der Waals surface area contributed by atoms with E-state index in [0.717, 1.165) is 0 Å². The summed E-state index contributed by atoms with van der Waals surface area (Å²) in [5.41, 5.74) is 0. The Hall–Kier alpha value is -1.30. The minimum atomic E-state index is -0.651. The predicted octanol–water partition coefficient (Wildman–Crippen LogP) is -0.221. The van der Waals surface area contributed by atoms with Gasteiger partial charge >= 0.3 is 5.76 Å². The number of aromatic nitrogens is 2. The van der Waals surface area contributed by atoms with Gasteiger partial charge in [0.1, 0.15) is 5.88 Å². The molecule has 1 atom stereocenters. The quantitative estimate of drug-likeness (QED) is 0.668. The van der Waals surface area contributed by atoms with Gasteiger partial charge in [0.25, 0.3) is 0 Å². The molecule has 0 saturated heterocycles. The molecule has 0 spiro atoms. The summed E-state index contributed by atoms with van der Waals surface area (Å²) >= 11 is 5.26. The molecular formula is C6H8ClN3O3. The second-order valence-electron chi connectivity index (χ2n) is 2.40. The van der Waals surface area contributed by atoms with Crippen molar-refractivity contribution in [3.8, 4) is 0 Å². The van der Waals surface area contributed by atoms with Gasteiger partial charge in [-0.15, -0.1) is 11.6 Å². The van der Waals surface area contributed by atoms with Crippen LogP contribution >= 0.6 is 11.6 Å². The highest BCUT2D eigenvalue weighted by Crippen LogP contribution is 2.02. The van der Waals surface area contributed by atoms with Crippen molar-refractivity contribution in [2.24, 2.45) is 0 Å². The molecule has 0 fully saturated rings. The normalized spacial score (nSPS) is 12.5. The molecule has 1 unspecified atom stereocenters. The summed E-state index contributed by atoms with van der Waals surface area (Å²) in [4.78, 5) is 23.6. The summed E-state index contributed by atoms with van der Waals surface area (Å²) in [6, 6.07) is -0.419. The lowest BCUT2D eigenvalue weighted by Gasteiger charge is -2.07. The van der Waals surface area contributed by atoms with Gasteiger partial charge in [-0.2, -0.15) is 0 Å². The second kappa shape index (κ2) is 4.08. The molecule has 0 aliphatic heterocycles. The van der Waals surface area contributed by atoms with Crippen molar-refractivity contribution in [1.29, 1.82) is 0 Å². The maximum atomic E-state index is 10.8. The Morgan fingerprint density at radius 3 is 3.00 bits per heavy atom. The number of carbonyl (C=O) groups excluding carboxylic acids is 1. The Kier molecular flexibility index (Phi) is 3.07. The minimum Gasteiger partial charge on any atom is -0.345 e. The highest BCUT2D eigenvalue weighted by molar-refractivity contribution is 6.27. The summed E-state index contributed by atoms with van der Waals surface area (Å²) in [6.07, 6.45) is 0. The topological polar surface area (TPSA) is 88.0 Å². The van der Waals surface area contributed by atoms with E-state index in [9.17, 15) is 9.59 Å². The van der Waals surface area contributed by atoms with E-state index in [4.69, 9.17) is 11.6 Å². The molecule has 0 aliphatic carbocycles. The number of rotatable bonds is 3. The zero-order chi connectivity index (χ0) is 9.84. The lowest BCUT2D eigenvalue weighted by Crippen LogP contribution is -2.28. The van der Waals surface area contributed by atoms with Crippen molar-refractivity contribution in [3.63, 3.8) is 0 Å². The first kappa shape index (κ1) is 9.79. The molecule has 13 heavy (non-hydrogen) atoms. The Labute approximate surface area is 78.3 Å². The second-order valence-corrected chi connectivity index (χ2v) is 2.67. The number of nitrogens with one attached hydrogen (secondary N) is 2. The number of hydrogen-bond donors (Lipinski definition) is 2. The monoisotopic (exact) mass is 205 g/mol. The number of alkyl halides is 1. The Morgan fingerprint density at radius 1 is 1.85 bits per heavy atom. The van der Waals surface area contributed by atoms with E-state index in [0.29, 0.717) is 0 Å². The third kappa shape index (κ3) is 2.59. The summed E-state index contributed by atoms with van der Waals surface area (Å²) in [5.74, 6) is -0.852. The van der Waals surface area contributed by atoms with E-state index in [1.165, 1.54) is 0 Å². The molecule has 1 aromatic heterocycles. The van der Waals surface area contributed by atoms with Gasteiger partial charge in [0.15, 0.2) is 5.82 Å². The first-order valence-corrected chi connectivity index (χ1v) is 4.08. The summed E-state index contributed by atoms with van der Waals surface area (Å²) < 4.78 is 4.26. The molecule has 1 amide bonds. The van der Waals surface area contributed by atoms with E-state index in [1.807, 2.05) is 0 Å². The summed E-state index contributed by atoms with van der Waals surface area (Å²) in [7, 11) is 0. The van der Waals surface area contributed by atoms with E-state index in [1.54, 1.807) is 6.92 Å². The Bertz CT molecular complexity index is 345. The van der Waals surface area contributed by atoms with Gasteiger partial charge in [-0.1, -0.05) is 5.16 Å². The van der Waals surface area contributed by atoms with Crippen LogP contribution in [0.4, 0.5) is 0 Å². The number of halogens is 1. The van der Waals surface area contributed by atoms with Crippen LogP contribution < -0.4 is 11.1 Å². The van der Waals surface area contributed by atoms with Gasteiger partial charge in [0, 0.05) is 0 Å². The number of aromatic amines is 1. The van der Waals surface area contributed by atoms with Gasteiger partial charge in [0.05, 0.1) is 6.04 Å². The first-order chi connectivity index (χ1) is 6.13. The van der Waals surface area contributed by atoms with E-state index in [2.05, 4.69) is 20.0 Å². The summed E-state index contributed by atoms with van der Waals surface area (Å²) in [6.45, 7) is 1.65. The van der Waals surface area contributed by atoms with Crippen molar-refractivity contribution in [1.82, 2.24) is 15.5 Å². The number of H-pyrrole nitrogens is 1. The van der Waals surface area contributed by atoms with Gasteiger partial charge < -0.3 is 5.32 Å². The zero-order valence-electron chi connectivity index (χ0n) is 6.83. The van der Waals surface area contributed by atoms with Crippen molar-refractivity contribution in [3.05, 3.63) is 16.4 Å². The third-order valence-electron chi connectivity index (χ3n) is 1.37. The van der Waals surface area contributed by atoms with Gasteiger partial charge in [0.2, 0.25) is 5.91 Å².